The first-order chi connectivity index (χ1) is 9.13. The molecule has 104 valence electrons. The summed E-state index contributed by atoms with van der Waals surface area (Å²) < 4.78 is 5.14. The van der Waals surface area contributed by atoms with Crippen LogP contribution in [0, 0.1) is 0 Å². The summed E-state index contributed by atoms with van der Waals surface area (Å²) in [5, 5.41) is 2.42. The number of unbranched alkanes of at least 4 members (excludes halogenated alkanes) is 3. The van der Waals surface area contributed by atoms with Crippen LogP contribution in [0.3, 0.4) is 0 Å². The first-order valence-electron chi connectivity index (χ1n) is 6.47. The molecule has 0 heterocycles. The maximum absolute atomic E-state index is 11.7. The Morgan fingerprint density at radius 3 is 2.42 bits per heavy atom. The summed E-state index contributed by atoms with van der Waals surface area (Å²) >= 11 is 0. The molecule has 5 heteroatoms. The molecule has 0 atom stereocenters. The van der Waals surface area contributed by atoms with E-state index in [0.29, 0.717) is 17.9 Å². The maximum Gasteiger partial charge on any atom is 0.338 e. The Labute approximate surface area is 113 Å². The lowest BCUT2D eigenvalue weighted by molar-refractivity contribution is 0.0498. The minimum atomic E-state index is -0.633. The molecule has 0 bridgehead atoms. The van der Waals surface area contributed by atoms with E-state index in [0.717, 1.165) is 25.7 Å². The van der Waals surface area contributed by atoms with Gasteiger partial charge in [-0.25, -0.2) is 9.59 Å². The van der Waals surface area contributed by atoms with Gasteiger partial charge in [-0.2, -0.15) is 0 Å². The third-order valence-electron chi connectivity index (χ3n) is 2.62. The smallest absolute Gasteiger partial charge is 0.338 e. The molecule has 0 unspecified atom stereocenters. The Hall–Kier alpha value is -2.04. The Morgan fingerprint density at radius 2 is 1.84 bits per heavy atom. The normalized spacial score (nSPS) is 9.95. The van der Waals surface area contributed by atoms with Gasteiger partial charge in [0.1, 0.15) is 0 Å². The number of nitrogens with two attached hydrogens (primary N) is 1. The quantitative estimate of drug-likeness (QED) is 0.587. The first kappa shape index (κ1) is 15.0. The van der Waals surface area contributed by atoms with Gasteiger partial charge >= 0.3 is 12.0 Å². The van der Waals surface area contributed by atoms with E-state index >= 15 is 0 Å². The summed E-state index contributed by atoms with van der Waals surface area (Å²) in [6.07, 6.45) is 4.28. The van der Waals surface area contributed by atoms with Gasteiger partial charge in [0.15, 0.2) is 0 Å². The number of nitrogens with one attached hydrogen (secondary N) is 1. The topological polar surface area (TPSA) is 81.4 Å². The fourth-order valence-corrected chi connectivity index (χ4v) is 1.61. The number of benzene rings is 1. The molecule has 1 aromatic carbocycles. The number of carbonyl (C=O) groups is 2. The van der Waals surface area contributed by atoms with E-state index in [2.05, 4.69) is 12.2 Å². The molecule has 0 aliphatic heterocycles. The van der Waals surface area contributed by atoms with Crippen LogP contribution in [0.4, 0.5) is 10.5 Å². The SMILES string of the molecule is CCCCCCOC(=O)c1ccc(NC(N)=O)cc1. The number of hydrogen-bond acceptors (Lipinski definition) is 3. The minimum absolute atomic E-state index is 0.345. The molecule has 0 saturated heterocycles. The highest BCUT2D eigenvalue weighted by atomic mass is 16.5. The lowest BCUT2D eigenvalue weighted by Crippen LogP contribution is -2.19. The van der Waals surface area contributed by atoms with Crippen LogP contribution in [0.2, 0.25) is 0 Å². The highest BCUT2D eigenvalue weighted by molar-refractivity contribution is 5.91. The molecular weight excluding hydrogens is 244 g/mol. The van der Waals surface area contributed by atoms with Crippen LogP contribution in [0.25, 0.3) is 0 Å². The van der Waals surface area contributed by atoms with Crippen LogP contribution in [0.1, 0.15) is 43.0 Å². The highest BCUT2D eigenvalue weighted by Gasteiger charge is 2.06. The number of amides is 2. The monoisotopic (exact) mass is 264 g/mol. The van der Waals surface area contributed by atoms with Gasteiger partial charge in [0, 0.05) is 5.69 Å². The summed E-state index contributed by atoms with van der Waals surface area (Å²) in [5.41, 5.74) is 6.00. The summed E-state index contributed by atoms with van der Waals surface area (Å²) in [5.74, 6) is -0.345. The Kier molecular flexibility index (Phi) is 6.43. The van der Waals surface area contributed by atoms with Crippen LogP contribution in [0.15, 0.2) is 24.3 Å². The maximum atomic E-state index is 11.7. The molecule has 0 aliphatic carbocycles. The number of primary amides is 1. The van der Waals surface area contributed by atoms with Crippen LogP contribution in [-0.2, 0) is 4.74 Å². The summed E-state index contributed by atoms with van der Waals surface area (Å²) in [7, 11) is 0. The zero-order chi connectivity index (χ0) is 14.1. The van der Waals surface area contributed by atoms with E-state index in [4.69, 9.17) is 10.5 Å². The fourth-order valence-electron chi connectivity index (χ4n) is 1.61. The third-order valence-corrected chi connectivity index (χ3v) is 2.62. The van der Waals surface area contributed by atoms with Gasteiger partial charge in [0.05, 0.1) is 12.2 Å². The summed E-state index contributed by atoms with van der Waals surface area (Å²) in [6, 6.07) is 5.78. The van der Waals surface area contributed by atoms with Crippen molar-refractivity contribution in [3.05, 3.63) is 29.8 Å². The van der Waals surface area contributed by atoms with Gasteiger partial charge in [-0.15, -0.1) is 0 Å². The van der Waals surface area contributed by atoms with Gasteiger partial charge in [-0.1, -0.05) is 26.2 Å². The van der Waals surface area contributed by atoms with Crippen molar-refractivity contribution in [3.8, 4) is 0 Å². The van der Waals surface area contributed by atoms with Gasteiger partial charge in [-0.05, 0) is 30.7 Å². The second kappa shape index (κ2) is 8.13. The predicted octanol–water partition coefficient (Wildman–Crippen LogP) is 2.91. The van der Waals surface area contributed by atoms with E-state index < -0.39 is 6.03 Å². The largest absolute Gasteiger partial charge is 0.462 e. The van der Waals surface area contributed by atoms with Crippen molar-refractivity contribution in [1.82, 2.24) is 0 Å². The van der Waals surface area contributed by atoms with Crippen LogP contribution in [-0.4, -0.2) is 18.6 Å². The second-order valence-corrected chi connectivity index (χ2v) is 4.26. The zero-order valence-electron chi connectivity index (χ0n) is 11.1. The minimum Gasteiger partial charge on any atom is -0.462 e. The predicted molar refractivity (Wildman–Crippen MR) is 74.1 cm³/mol. The molecule has 0 radical (unpaired) electrons. The zero-order valence-corrected chi connectivity index (χ0v) is 11.1. The van der Waals surface area contributed by atoms with Crippen molar-refractivity contribution in [2.24, 2.45) is 5.73 Å². The Balaban J connectivity index is 2.38. The number of ether oxygens (including phenoxy) is 1. The summed E-state index contributed by atoms with van der Waals surface area (Å²) in [4.78, 5) is 22.3. The van der Waals surface area contributed by atoms with Gasteiger partial charge < -0.3 is 15.8 Å². The molecule has 2 amide bonds. The first-order valence-corrected chi connectivity index (χ1v) is 6.47. The van der Waals surface area contributed by atoms with Crippen molar-refractivity contribution in [2.75, 3.05) is 11.9 Å². The Bertz CT molecular complexity index is 415. The molecular formula is C14H20N2O3. The average molecular weight is 264 g/mol. The van der Waals surface area contributed by atoms with E-state index in [9.17, 15) is 9.59 Å². The highest BCUT2D eigenvalue weighted by Crippen LogP contribution is 2.10. The van der Waals surface area contributed by atoms with Gasteiger partial charge in [0.25, 0.3) is 0 Å². The number of carbonyl (C=O) groups excluding carboxylic acids is 2. The van der Waals surface area contributed by atoms with Crippen molar-refractivity contribution in [3.63, 3.8) is 0 Å². The Morgan fingerprint density at radius 1 is 1.16 bits per heavy atom. The number of hydrogen-bond donors (Lipinski definition) is 2. The summed E-state index contributed by atoms with van der Waals surface area (Å²) in [6.45, 7) is 2.58. The fraction of sp³-hybridized carbons (Fsp3) is 0.429. The third kappa shape index (κ3) is 5.90. The standard InChI is InChI=1S/C14H20N2O3/c1-2-3-4-5-10-19-13(17)11-6-8-12(9-7-11)16-14(15)18/h6-9H,2-5,10H2,1H3,(H3,15,16,18). The lowest BCUT2D eigenvalue weighted by atomic mass is 10.2. The number of anilines is 1. The number of rotatable bonds is 7. The van der Waals surface area contributed by atoms with Crippen LogP contribution >= 0.6 is 0 Å². The van der Waals surface area contributed by atoms with E-state index in [-0.39, 0.29) is 5.97 Å². The molecule has 19 heavy (non-hydrogen) atoms. The van der Waals surface area contributed by atoms with Crippen LogP contribution < -0.4 is 11.1 Å². The lowest BCUT2D eigenvalue weighted by Gasteiger charge is -2.06. The second-order valence-electron chi connectivity index (χ2n) is 4.26. The van der Waals surface area contributed by atoms with E-state index in [1.807, 2.05) is 0 Å². The van der Waals surface area contributed by atoms with Crippen molar-refractivity contribution < 1.29 is 14.3 Å². The molecule has 1 aromatic rings. The van der Waals surface area contributed by atoms with E-state index in [1.165, 1.54) is 0 Å². The van der Waals surface area contributed by atoms with Gasteiger partial charge in [-0.3, -0.25) is 0 Å². The molecule has 3 N–H and O–H groups in total. The van der Waals surface area contributed by atoms with Crippen molar-refractivity contribution in [1.29, 1.82) is 0 Å². The molecule has 5 nitrogen and oxygen atoms in total. The molecule has 0 fully saturated rings. The molecule has 0 aromatic heterocycles. The van der Waals surface area contributed by atoms with Crippen molar-refractivity contribution >= 4 is 17.7 Å². The molecule has 0 saturated carbocycles. The number of esters is 1. The average Bonchev–Trinajstić information content (AvgIpc) is 2.38. The molecule has 0 aliphatic rings. The molecule has 1 rings (SSSR count). The van der Waals surface area contributed by atoms with E-state index in [1.54, 1.807) is 24.3 Å². The van der Waals surface area contributed by atoms with Crippen molar-refractivity contribution in [2.45, 2.75) is 32.6 Å². The number of urea groups is 1. The molecule has 0 spiro atoms. The van der Waals surface area contributed by atoms with Crippen LogP contribution in [0.5, 0.6) is 0 Å². The van der Waals surface area contributed by atoms with Gasteiger partial charge in [0.2, 0.25) is 0 Å².